The maximum atomic E-state index is 12.9. The topological polar surface area (TPSA) is 56.0 Å². The zero-order chi connectivity index (χ0) is 20.4. The molecule has 1 heterocycles. The lowest BCUT2D eigenvalue weighted by Crippen LogP contribution is -2.22. The number of hydrogen-bond donors (Lipinski definition) is 1. The van der Waals surface area contributed by atoms with E-state index in [1.54, 1.807) is 22.5 Å². The van der Waals surface area contributed by atoms with Crippen molar-refractivity contribution in [2.24, 2.45) is 7.05 Å². The summed E-state index contributed by atoms with van der Waals surface area (Å²) in [5.74, 6) is -0.344. The van der Waals surface area contributed by atoms with Crippen LogP contribution in [0.4, 0.5) is 5.69 Å². The average Bonchev–Trinajstić information content (AvgIpc) is 2.96. The molecule has 144 valence electrons. The van der Waals surface area contributed by atoms with Crippen molar-refractivity contribution in [3.8, 4) is 5.69 Å². The van der Waals surface area contributed by atoms with Gasteiger partial charge in [0.15, 0.2) is 0 Å². The van der Waals surface area contributed by atoms with Gasteiger partial charge in [-0.1, -0.05) is 60.7 Å². The van der Waals surface area contributed by atoms with E-state index in [2.05, 4.69) is 5.32 Å². The standard InChI is InChI=1S/C24H21N3O2/c1-17-23(24(29)27(26(17)2)20-12-4-3-5-13-20)25-22(28)16-15-19-11-8-10-18-9-6-7-14-21(18)19/h3-16H,1-2H3,(H,25,28)/b16-15+. The molecule has 5 nitrogen and oxygen atoms in total. The summed E-state index contributed by atoms with van der Waals surface area (Å²) in [5, 5.41) is 4.93. The van der Waals surface area contributed by atoms with Gasteiger partial charge in [-0.25, -0.2) is 4.68 Å². The smallest absolute Gasteiger partial charge is 0.295 e. The largest absolute Gasteiger partial charge is 0.316 e. The van der Waals surface area contributed by atoms with Crippen molar-refractivity contribution in [1.82, 2.24) is 9.36 Å². The Morgan fingerprint density at radius 2 is 1.62 bits per heavy atom. The summed E-state index contributed by atoms with van der Waals surface area (Å²) in [7, 11) is 1.80. The van der Waals surface area contributed by atoms with Gasteiger partial charge in [0, 0.05) is 13.1 Å². The predicted molar refractivity (Wildman–Crippen MR) is 117 cm³/mol. The van der Waals surface area contributed by atoms with Crippen LogP contribution in [-0.4, -0.2) is 15.3 Å². The Balaban J connectivity index is 1.62. The molecule has 1 amide bonds. The van der Waals surface area contributed by atoms with Gasteiger partial charge in [-0.3, -0.25) is 14.3 Å². The molecule has 29 heavy (non-hydrogen) atoms. The Labute approximate surface area is 168 Å². The van der Waals surface area contributed by atoms with Crippen LogP contribution in [0.15, 0.2) is 83.7 Å². The maximum Gasteiger partial charge on any atom is 0.295 e. The van der Waals surface area contributed by atoms with Gasteiger partial charge >= 0.3 is 0 Å². The van der Waals surface area contributed by atoms with Gasteiger partial charge in [-0.15, -0.1) is 0 Å². The summed E-state index contributed by atoms with van der Waals surface area (Å²) < 4.78 is 3.28. The number of aromatic nitrogens is 2. The Kier molecular flexibility index (Phi) is 4.87. The second-order valence-electron chi connectivity index (χ2n) is 6.83. The van der Waals surface area contributed by atoms with Gasteiger partial charge < -0.3 is 5.32 Å². The maximum absolute atomic E-state index is 12.9. The van der Waals surface area contributed by atoms with Crippen molar-refractivity contribution in [2.45, 2.75) is 6.92 Å². The first kappa shape index (κ1) is 18.5. The predicted octanol–water partition coefficient (Wildman–Crippen LogP) is 4.29. The quantitative estimate of drug-likeness (QED) is 0.535. The van der Waals surface area contributed by atoms with Crippen LogP contribution < -0.4 is 10.9 Å². The lowest BCUT2D eigenvalue weighted by Gasteiger charge is -2.07. The van der Waals surface area contributed by atoms with Gasteiger partial charge in [0.2, 0.25) is 5.91 Å². The number of nitrogens with zero attached hydrogens (tertiary/aromatic N) is 2. The number of amides is 1. The molecule has 0 saturated carbocycles. The van der Waals surface area contributed by atoms with E-state index in [1.807, 2.05) is 79.7 Å². The minimum Gasteiger partial charge on any atom is -0.316 e. The summed E-state index contributed by atoms with van der Waals surface area (Å²) >= 11 is 0. The van der Waals surface area contributed by atoms with Gasteiger partial charge in [0.05, 0.1) is 11.4 Å². The fraction of sp³-hybridized carbons (Fsp3) is 0.0833. The molecule has 0 bridgehead atoms. The molecule has 0 fully saturated rings. The number of nitrogens with one attached hydrogen (secondary N) is 1. The van der Waals surface area contributed by atoms with Crippen LogP contribution in [0.3, 0.4) is 0 Å². The van der Waals surface area contributed by atoms with Crippen molar-refractivity contribution in [1.29, 1.82) is 0 Å². The van der Waals surface area contributed by atoms with E-state index < -0.39 is 0 Å². The third kappa shape index (κ3) is 3.50. The monoisotopic (exact) mass is 383 g/mol. The molecule has 1 N–H and O–H groups in total. The fourth-order valence-corrected chi connectivity index (χ4v) is 3.44. The van der Waals surface area contributed by atoms with Crippen molar-refractivity contribution >= 4 is 28.4 Å². The zero-order valence-electron chi connectivity index (χ0n) is 16.3. The van der Waals surface area contributed by atoms with Crippen LogP contribution >= 0.6 is 0 Å². The van der Waals surface area contributed by atoms with Crippen molar-refractivity contribution in [3.05, 3.63) is 100 Å². The van der Waals surface area contributed by atoms with Crippen LogP contribution in [-0.2, 0) is 11.8 Å². The van der Waals surface area contributed by atoms with E-state index in [0.29, 0.717) is 5.69 Å². The molecule has 0 aliphatic carbocycles. The third-order valence-corrected chi connectivity index (χ3v) is 5.04. The van der Waals surface area contributed by atoms with E-state index in [-0.39, 0.29) is 17.2 Å². The lowest BCUT2D eigenvalue weighted by atomic mass is 10.0. The number of rotatable bonds is 4. The molecule has 0 atom stereocenters. The van der Waals surface area contributed by atoms with Crippen LogP contribution in [0, 0.1) is 6.92 Å². The Hall–Kier alpha value is -3.86. The van der Waals surface area contributed by atoms with E-state index in [9.17, 15) is 9.59 Å². The normalized spacial score (nSPS) is 11.2. The molecule has 0 saturated heterocycles. The average molecular weight is 383 g/mol. The number of para-hydroxylation sites is 1. The summed E-state index contributed by atoms with van der Waals surface area (Å²) in [6.07, 6.45) is 3.23. The van der Waals surface area contributed by atoms with Crippen molar-refractivity contribution in [3.63, 3.8) is 0 Å². The van der Waals surface area contributed by atoms with E-state index in [0.717, 1.165) is 22.0 Å². The van der Waals surface area contributed by atoms with Crippen LogP contribution in [0.2, 0.25) is 0 Å². The minimum absolute atomic E-state index is 0.261. The fourth-order valence-electron chi connectivity index (χ4n) is 3.44. The summed E-state index contributed by atoms with van der Waals surface area (Å²) in [6, 6.07) is 23.3. The molecule has 5 heteroatoms. The zero-order valence-corrected chi connectivity index (χ0v) is 16.3. The van der Waals surface area contributed by atoms with Crippen molar-refractivity contribution in [2.75, 3.05) is 5.32 Å². The second-order valence-corrected chi connectivity index (χ2v) is 6.83. The van der Waals surface area contributed by atoms with Crippen LogP contribution in [0.5, 0.6) is 0 Å². The number of fused-ring (bicyclic) bond motifs is 1. The molecule has 0 spiro atoms. The second kappa shape index (κ2) is 7.64. The SMILES string of the molecule is Cc1c(NC(=O)/C=C/c2cccc3ccccc23)c(=O)n(-c2ccccc2)n1C. The third-order valence-electron chi connectivity index (χ3n) is 5.04. The Bertz CT molecular complexity index is 1280. The van der Waals surface area contributed by atoms with Crippen LogP contribution in [0.1, 0.15) is 11.3 Å². The van der Waals surface area contributed by atoms with Crippen LogP contribution in [0.25, 0.3) is 22.5 Å². The highest BCUT2D eigenvalue weighted by Gasteiger charge is 2.17. The number of anilines is 1. The Morgan fingerprint density at radius 1 is 0.931 bits per heavy atom. The molecular formula is C24H21N3O2. The first-order valence-electron chi connectivity index (χ1n) is 9.37. The first-order chi connectivity index (χ1) is 14.1. The van der Waals surface area contributed by atoms with E-state index in [4.69, 9.17) is 0 Å². The number of carbonyl (C=O) groups excluding carboxylic acids is 1. The molecular weight excluding hydrogens is 362 g/mol. The first-order valence-corrected chi connectivity index (χ1v) is 9.37. The highest BCUT2D eigenvalue weighted by Crippen LogP contribution is 2.20. The summed E-state index contributed by atoms with van der Waals surface area (Å²) in [5.41, 5.74) is 2.40. The number of hydrogen-bond acceptors (Lipinski definition) is 2. The van der Waals surface area contributed by atoms with Gasteiger partial charge in [0.1, 0.15) is 5.69 Å². The van der Waals surface area contributed by atoms with Gasteiger partial charge in [-0.05, 0) is 41.5 Å². The van der Waals surface area contributed by atoms with E-state index in [1.165, 1.54) is 6.08 Å². The summed E-state index contributed by atoms with van der Waals surface area (Å²) in [4.78, 5) is 25.4. The molecule has 4 aromatic rings. The Morgan fingerprint density at radius 3 is 2.41 bits per heavy atom. The van der Waals surface area contributed by atoms with Crippen molar-refractivity contribution < 1.29 is 4.79 Å². The lowest BCUT2D eigenvalue weighted by molar-refractivity contribution is -0.111. The van der Waals surface area contributed by atoms with Gasteiger partial charge in [0.25, 0.3) is 5.56 Å². The summed E-state index contributed by atoms with van der Waals surface area (Å²) in [6.45, 7) is 1.81. The molecule has 3 aromatic carbocycles. The molecule has 1 aromatic heterocycles. The molecule has 4 rings (SSSR count). The number of carbonyl (C=O) groups is 1. The molecule has 0 unspecified atom stereocenters. The number of benzene rings is 3. The highest BCUT2D eigenvalue weighted by atomic mass is 16.2. The molecule has 0 aliphatic heterocycles. The van der Waals surface area contributed by atoms with Gasteiger partial charge in [-0.2, -0.15) is 0 Å². The minimum atomic E-state index is -0.344. The van der Waals surface area contributed by atoms with E-state index >= 15 is 0 Å². The molecule has 0 aliphatic rings. The highest BCUT2D eigenvalue weighted by molar-refractivity contribution is 6.03. The molecule has 0 radical (unpaired) electrons.